The molecule has 0 N–H and O–H groups in total. The second-order valence-corrected chi connectivity index (χ2v) is 11.8. The lowest BCUT2D eigenvalue weighted by atomic mass is 10.1. The quantitative estimate of drug-likeness (QED) is 0.211. The van der Waals surface area contributed by atoms with Crippen LogP contribution >= 0.6 is 11.3 Å². The van der Waals surface area contributed by atoms with Crippen LogP contribution in [0.15, 0.2) is 128 Å². The van der Waals surface area contributed by atoms with E-state index in [1.807, 2.05) is 60.0 Å². The molecule has 0 bridgehead atoms. The molecule has 0 atom stereocenters. The first-order valence-corrected chi connectivity index (χ1v) is 15.0. The fourth-order valence-corrected chi connectivity index (χ4v) is 7.62. The Morgan fingerprint density at radius 2 is 1.47 bits per heavy atom. The minimum atomic E-state index is 0.765. The lowest BCUT2D eigenvalue weighted by Gasteiger charge is -2.12. The summed E-state index contributed by atoms with van der Waals surface area (Å²) in [5.74, 6) is 3.37. The maximum atomic E-state index is 6.87. The van der Waals surface area contributed by atoms with E-state index in [9.17, 15) is 0 Å². The normalized spacial score (nSPS) is 11.8. The standard InChI is InChI=1S/C37H24N4OS/c1-40-29-17-6-4-15-27(29)39-37(40)23-11-10-12-24(21-23)42-31-22-30-34(36-35(31)26-14-3-7-18-32(26)43-36)25-13-2-5-16-28(25)41(30)33-19-8-9-20-38-33/h2-22H,1H3. The van der Waals surface area contributed by atoms with Crippen LogP contribution in [0.4, 0.5) is 0 Å². The largest absolute Gasteiger partial charge is 0.457 e. The average Bonchev–Trinajstić information content (AvgIpc) is 3.71. The van der Waals surface area contributed by atoms with Gasteiger partial charge in [0.15, 0.2) is 0 Å². The highest BCUT2D eigenvalue weighted by molar-refractivity contribution is 7.26. The van der Waals surface area contributed by atoms with Crippen molar-refractivity contribution in [2.75, 3.05) is 0 Å². The van der Waals surface area contributed by atoms with Crippen LogP contribution in [0.3, 0.4) is 0 Å². The molecule has 0 aliphatic heterocycles. The van der Waals surface area contributed by atoms with Crippen LogP contribution in [-0.4, -0.2) is 19.1 Å². The van der Waals surface area contributed by atoms with E-state index in [0.29, 0.717) is 0 Å². The average molecular weight is 573 g/mol. The van der Waals surface area contributed by atoms with E-state index in [1.54, 1.807) is 0 Å². The summed E-state index contributed by atoms with van der Waals surface area (Å²) in [5, 5.41) is 4.75. The smallest absolute Gasteiger partial charge is 0.140 e. The third kappa shape index (κ3) is 3.63. The van der Waals surface area contributed by atoms with Gasteiger partial charge in [-0.1, -0.05) is 66.7 Å². The minimum absolute atomic E-state index is 0.765. The lowest BCUT2D eigenvalue weighted by Crippen LogP contribution is -1.97. The monoisotopic (exact) mass is 572 g/mol. The van der Waals surface area contributed by atoms with Gasteiger partial charge in [0.1, 0.15) is 23.1 Å². The van der Waals surface area contributed by atoms with Crippen molar-refractivity contribution in [1.82, 2.24) is 19.1 Å². The van der Waals surface area contributed by atoms with Gasteiger partial charge in [-0.2, -0.15) is 0 Å². The van der Waals surface area contributed by atoms with Crippen molar-refractivity contribution in [3.05, 3.63) is 128 Å². The van der Waals surface area contributed by atoms with Gasteiger partial charge in [0.2, 0.25) is 0 Å². The molecule has 204 valence electrons. The number of imidazole rings is 1. The van der Waals surface area contributed by atoms with E-state index in [4.69, 9.17) is 14.7 Å². The molecule has 43 heavy (non-hydrogen) atoms. The zero-order valence-corrected chi connectivity index (χ0v) is 24.0. The van der Waals surface area contributed by atoms with E-state index in [1.165, 1.54) is 25.6 Å². The van der Waals surface area contributed by atoms with Gasteiger partial charge < -0.3 is 9.30 Å². The maximum Gasteiger partial charge on any atom is 0.140 e. The second kappa shape index (κ2) is 9.28. The summed E-state index contributed by atoms with van der Waals surface area (Å²) < 4.78 is 13.7. The molecule has 6 heteroatoms. The summed E-state index contributed by atoms with van der Waals surface area (Å²) in [4.78, 5) is 9.67. The highest BCUT2D eigenvalue weighted by Gasteiger charge is 2.22. The Kier molecular flexibility index (Phi) is 5.21. The van der Waals surface area contributed by atoms with Crippen molar-refractivity contribution in [2.24, 2.45) is 7.05 Å². The summed E-state index contributed by atoms with van der Waals surface area (Å²) >= 11 is 1.82. The number of nitrogens with zero attached hydrogens (tertiary/aromatic N) is 4. The fraction of sp³-hybridized carbons (Fsp3) is 0.0270. The van der Waals surface area contributed by atoms with Crippen molar-refractivity contribution in [1.29, 1.82) is 0 Å². The van der Waals surface area contributed by atoms with Gasteiger partial charge in [-0.25, -0.2) is 9.97 Å². The van der Waals surface area contributed by atoms with E-state index in [-0.39, 0.29) is 0 Å². The Balaban J connectivity index is 1.31. The molecule has 0 aliphatic carbocycles. The van der Waals surface area contributed by atoms with Crippen LogP contribution in [0, 0.1) is 0 Å². The number of aromatic nitrogens is 4. The molecule has 0 saturated carbocycles. The predicted octanol–water partition coefficient (Wildman–Crippen LogP) is 9.89. The number of fused-ring (bicyclic) bond motifs is 8. The van der Waals surface area contributed by atoms with Gasteiger partial charge in [0.05, 0.1) is 22.1 Å². The van der Waals surface area contributed by atoms with Crippen LogP contribution in [0.1, 0.15) is 0 Å². The Labute approximate surface area is 250 Å². The third-order valence-electron chi connectivity index (χ3n) is 8.23. The summed E-state index contributed by atoms with van der Waals surface area (Å²) in [7, 11) is 2.06. The van der Waals surface area contributed by atoms with Crippen LogP contribution in [-0.2, 0) is 7.05 Å². The summed E-state index contributed by atoms with van der Waals surface area (Å²) in [5.41, 5.74) is 5.27. The van der Waals surface area contributed by atoms with E-state index >= 15 is 0 Å². The number of pyridine rings is 1. The highest BCUT2D eigenvalue weighted by atomic mass is 32.1. The van der Waals surface area contributed by atoms with E-state index < -0.39 is 0 Å². The number of aryl methyl sites for hydroxylation is 1. The van der Waals surface area contributed by atoms with E-state index in [0.717, 1.165) is 56.2 Å². The molecule has 4 heterocycles. The number of para-hydroxylation sites is 3. The molecule has 0 saturated heterocycles. The third-order valence-corrected chi connectivity index (χ3v) is 9.42. The highest BCUT2D eigenvalue weighted by Crippen LogP contribution is 2.48. The number of benzene rings is 5. The first-order chi connectivity index (χ1) is 21.2. The van der Waals surface area contributed by atoms with Gasteiger partial charge >= 0.3 is 0 Å². The number of thiophene rings is 1. The molecule has 5 nitrogen and oxygen atoms in total. The molecular formula is C37H24N4OS. The SMILES string of the molecule is Cn1c(-c2cccc(Oc3cc4c(c5ccccc5n4-c4ccccn4)c4sc5ccccc5c34)c2)nc2ccccc21. The van der Waals surface area contributed by atoms with Crippen molar-refractivity contribution < 1.29 is 4.74 Å². The second-order valence-electron chi connectivity index (χ2n) is 10.7. The molecule has 0 fully saturated rings. The van der Waals surface area contributed by atoms with E-state index in [2.05, 4.69) is 95.0 Å². The van der Waals surface area contributed by atoms with Crippen molar-refractivity contribution in [3.63, 3.8) is 0 Å². The number of rotatable bonds is 4. The zero-order chi connectivity index (χ0) is 28.5. The molecule has 0 aliphatic rings. The van der Waals surface area contributed by atoms with Crippen LogP contribution in [0.2, 0.25) is 0 Å². The number of ether oxygens (including phenoxy) is 1. The predicted molar refractivity (Wildman–Crippen MR) is 178 cm³/mol. The lowest BCUT2D eigenvalue weighted by molar-refractivity contribution is 0.489. The first-order valence-electron chi connectivity index (χ1n) is 14.2. The van der Waals surface area contributed by atoms with Gasteiger partial charge in [0.25, 0.3) is 0 Å². The van der Waals surface area contributed by atoms with Crippen LogP contribution in [0.25, 0.3) is 70.2 Å². The molecule has 0 amide bonds. The molecule has 5 aromatic carbocycles. The van der Waals surface area contributed by atoms with Gasteiger partial charge in [-0.15, -0.1) is 11.3 Å². The zero-order valence-electron chi connectivity index (χ0n) is 23.2. The van der Waals surface area contributed by atoms with Crippen molar-refractivity contribution in [3.8, 4) is 28.7 Å². The van der Waals surface area contributed by atoms with Gasteiger partial charge in [-0.3, -0.25) is 4.57 Å². The maximum absolute atomic E-state index is 6.87. The molecule has 9 aromatic rings. The summed E-state index contributed by atoms with van der Waals surface area (Å²) in [6, 6.07) is 41.9. The molecule has 0 radical (unpaired) electrons. The number of hydrogen-bond acceptors (Lipinski definition) is 4. The topological polar surface area (TPSA) is 44.9 Å². The molecule has 4 aromatic heterocycles. The summed E-state index contributed by atoms with van der Waals surface area (Å²) in [6.45, 7) is 0. The van der Waals surface area contributed by atoms with Gasteiger partial charge in [0, 0.05) is 55.8 Å². The molecular weight excluding hydrogens is 549 g/mol. The number of hydrogen-bond donors (Lipinski definition) is 0. The molecule has 0 unspecified atom stereocenters. The molecule has 0 spiro atoms. The Morgan fingerprint density at radius 3 is 2.33 bits per heavy atom. The van der Waals surface area contributed by atoms with Gasteiger partial charge in [-0.05, 0) is 48.5 Å². The minimum Gasteiger partial charge on any atom is -0.457 e. The van der Waals surface area contributed by atoms with Crippen LogP contribution in [0.5, 0.6) is 11.5 Å². The van der Waals surface area contributed by atoms with Crippen molar-refractivity contribution >= 4 is 64.3 Å². The fourth-order valence-electron chi connectivity index (χ4n) is 6.34. The Bertz CT molecular complexity index is 2500. The van der Waals surface area contributed by atoms with Crippen LogP contribution < -0.4 is 4.74 Å². The summed E-state index contributed by atoms with van der Waals surface area (Å²) in [6.07, 6.45) is 1.85. The first kappa shape index (κ1) is 24.2. The molecule has 9 rings (SSSR count). The Morgan fingerprint density at radius 1 is 0.674 bits per heavy atom. The van der Waals surface area contributed by atoms with Crippen molar-refractivity contribution in [2.45, 2.75) is 0 Å². The Hall–Kier alpha value is -5.46.